The van der Waals surface area contributed by atoms with Crippen LogP contribution in [0.3, 0.4) is 0 Å². The average Bonchev–Trinajstić information content (AvgIpc) is 2.75. The van der Waals surface area contributed by atoms with Crippen LogP contribution in [0.25, 0.3) is 0 Å². The second-order valence-electron chi connectivity index (χ2n) is 6.20. The largest absolute Gasteiger partial charge is 0.370 e. The van der Waals surface area contributed by atoms with Crippen molar-refractivity contribution in [2.24, 2.45) is 0 Å². The predicted octanol–water partition coefficient (Wildman–Crippen LogP) is 0.452. The zero-order valence-corrected chi connectivity index (χ0v) is 13.7. The Hall–Kier alpha value is -2.31. The van der Waals surface area contributed by atoms with Gasteiger partial charge in [0.1, 0.15) is 6.04 Å². The van der Waals surface area contributed by atoms with Crippen LogP contribution in [0.1, 0.15) is 12.1 Å². The van der Waals surface area contributed by atoms with Gasteiger partial charge in [-0.15, -0.1) is 0 Å². The van der Waals surface area contributed by atoms with E-state index < -0.39 is 6.04 Å². The molecule has 1 aromatic rings. The Balaban J connectivity index is 1.62. The van der Waals surface area contributed by atoms with Gasteiger partial charge in [0.05, 0.1) is 6.54 Å². The van der Waals surface area contributed by atoms with E-state index in [4.69, 9.17) is 0 Å². The number of carbonyl (C=O) groups excluding carboxylic acids is 2. The summed E-state index contributed by atoms with van der Waals surface area (Å²) < 4.78 is 0. The number of aryl methyl sites for hydroxylation is 1. The molecule has 7 heteroatoms. The summed E-state index contributed by atoms with van der Waals surface area (Å²) in [6.07, 6.45) is 2.74. The molecule has 0 spiro atoms. The topological polar surface area (TPSA) is 68.8 Å². The molecule has 0 bridgehead atoms. The Kier molecular flexibility index (Phi) is 4.36. The number of aromatic nitrogens is 1. The van der Waals surface area contributed by atoms with Gasteiger partial charge in [0.25, 0.3) is 0 Å². The van der Waals surface area contributed by atoms with Crippen molar-refractivity contribution in [2.75, 3.05) is 44.7 Å². The van der Waals surface area contributed by atoms with E-state index in [2.05, 4.69) is 21.3 Å². The normalized spacial score (nSPS) is 22.1. The molecule has 23 heavy (non-hydrogen) atoms. The summed E-state index contributed by atoms with van der Waals surface area (Å²) in [5, 5.41) is 2.75. The molecule has 7 nitrogen and oxygen atoms in total. The molecule has 2 saturated heterocycles. The van der Waals surface area contributed by atoms with Crippen molar-refractivity contribution in [3.05, 3.63) is 24.0 Å². The Morgan fingerprint density at radius 2 is 2.13 bits per heavy atom. The van der Waals surface area contributed by atoms with E-state index in [9.17, 15) is 9.59 Å². The summed E-state index contributed by atoms with van der Waals surface area (Å²) in [7, 11) is 1.71. The summed E-state index contributed by atoms with van der Waals surface area (Å²) >= 11 is 0. The summed E-state index contributed by atoms with van der Waals surface area (Å²) in [5.74, 6) is 0.0236. The lowest BCUT2D eigenvalue weighted by Gasteiger charge is -2.25. The number of carbonyl (C=O) groups is 2. The number of pyridine rings is 1. The highest BCUT2D eigenvalue weighted by molar-refractivity contribution is 5.90. The van der Waals surface area contributed by atoms with E-state index in [-0.39, 0.29) is 11.9 Å². The lowest BCUT2D eigenvalue weighted by atomic mass is 10.2. The molecule has 1 unspecified atom stereocenters. The van der Waals surface area contributed by atoms with Crippen molar-refractivity contribution in [3.8, 4) is 0 Å². The summed E-state index contributed by atoms with van der Waals surface area (Å²) in [6.45, 7) is 5.56. The number of amides is 3. The molecule has 0 aliphatic carbocycles. The van der Waals surface area contributed by atoms with Gasteiger partial charge in [-0.2, -0.15) is 0 Å². The van der Waals surface area contributed by atoms with E-state index in [1.54, 1.807) is 11.9 Å². The molecule has 1 N–H and O–H groups in total. The number of urea groups is 1. The van der Waals surface area contributed by atoms with Crippen LogP contribution in [0.5, 0.6) is 0 Å². The molecule has 1 aromatic heterocycles. The fourth-order valence-corrected chi connectivity index (χ4v) is 3.15. The third-order valence-electron chi connectivity index (χ3n) is 4.45. The van der Waals surface area contributed by atoms with E-state index in [0.717, 1.165) is 37.4 Å². The summed E-state index contributed by atoms with van der Waals surface area (Å²) in [6, 6.07) is 3.49. The molecule has 3 amide bonds. The maximum atomic E-state index is 12.6. The van der Waals surface area contributed by atoms with Crippen LogP contribution < -0.4 is 10.2 Å². The third-order valence-corrected chi connectivity index (χ3v) is 4.45. The highest BCUT2D eigenvalue weighted by Gasteiger charge is 2.34. The fourth-order valence-electron chi connectivity index (χ4n) is 3.15. The fraction of sp³-hybridized carbons (Fsp3) is 0.562. The molecule has 3 heterocycles. The standard InChI is InChI=1S/C16H23N5O2/c1-12-10-13(4-5-17-12)20-6-3-7-21(9-8-20)15(22)14-11-19(2)16(23)18-14/h4-5,10,14H,3,6-9,11H2,1-2H3,(H,18,23). The van der Waals surface area contributed by atoms with Crippen LogP contribution >= 0.6 is 0 Å². The number of likely N-dealkylation sites (N-methyl/N-ethyl adjacent to an activating group) is 1. The second kappa shape index (κ2) is 6.44. The molecule has 124 valence electrons. The molecule has 2 aliphatic rings. The van der Waals surface area contributed by atoms with Crippen LogP contribution in [0.2, 0.25) is 0 Å². The molecule has 3 rings (SSSR count). The number of hydrogen-bond donors (Lipinski definition) is 1. The van der Waals surface area contributed by atoms with Gasteiger partial charge in [-0.3, -0.25) is 9.78 Å². The SMILES string of the molecule is Cc1cc(N2CCCN(C(=O)C3CN(C)C(=O)N3)CC2)ccn1. The van der Waals surface area contributed by atoms with Gasteiger partial charge in [0.2, 0.25) is 5.91 Å². The van der Waals surface area contributed by atoms with E-state index in [0.29, 0.717) is 13.1 Å². The van der Waals surface area contributed by atoms with Gasteiger partial charge in [-0.05, 0) is 25.5 Å². The van der Waals surface area contributed by atoms with Crippen molar-refractivity contribution < 1.29 is 9.59 Å². The maximum absolute atomic E-state index is 12.6. The van der Waals surface area contributed by atoms with Crippen LogP contribution in [0.15, 0.2) is 18.3 Å². The average molecular weight is 317 g/mol. The molecular formula is C16H23N5O2. The van der Waals surface area contributed by atoms with Gasteiger partial charge >= 0.3 is 6.03 Å². The zero-order valence-electron chi connectivity index (χ0n) is 13.7. The number of anilines is 1. The first-order valence-electron chi connectivity index (χ1n) is 8.02. The van der Waals surface area contributed by atoms with E-state index in [1.165, 1.54) is 0 Å². The molecule has 0 saturated carbocycles. The Labute approximate surface area is 136 Å². The third kappa shape index (κ3) is 3.38. The molecule has 2 fully saturated rings. The van der Waals surface area contributed by atoms with E-state index in [1.807, 2.05) is 24.1 Å². The minimum Gasteiger partial charge on any atom is -0.370 e. The Bertz CT molecular complexity index is 606. The first kappa shape index (κ1) is 15.6. The van der Waals surface area contributed by atoms with Gasteiger partial charge < -0.3 is 20.0 Å². The van der Waals surface area contributed by atoms with E-state index >= 15 is 0 Å². The zero-order chi connectivity index (χ0) is 16.4. The molecule has 1 atom stereocenters. The van der Waals surface area contributed by atoms with Crippen molar-refractivity contribution in [3.63, 3.8) is 0 Å². The number of nitrogens with zero attached hydrogens (tertiary/aromatic N) is 4. The number of rotatable bonds is 2. The minimum absolute atomic E-state index is 0.0236. The maximum Gasteiger partial charge on any atom is 0.317 e. The van der Waals surface area contributed by atoms with Crippen molar-refractivity contribution in [1.82, 2.24) is 20.1 Å². The number of nitrogens with one attached hydrogen (secondary N) is 1. The second-order valence-corrected chi connectivity index (χ2v) is 6.20. The highest BCUT2D eigenvalue weighted by Crippen LogP contribution is 2.17. The van der Waals surface area contributed by atoms with Crippen LogP contribution in [0, 0.1) is 6.92 Å². The Morgan fingerprint density at radius 3 is 2.83 bits per heavy atom. The number of hydrogen-bond acceptors (Lipinski definition) is 4. The monoisotopic (exact) mass is 317 g/mol. The van der Waals surface area contributed by atoms with Gasteiger partial charge in [0, 0.05) is 50.8 Å². The van der Waals surface area contributed by atoms with Gasteiger partial charge in [-0.1, -0.05) is 0 Å². The molecule has 0 radical (unpaired) electrons. The lowest BCUT2D eigenvalue weighted by molar-refractivity contribution is -0.132. The van der Waals surface area contributed by atoms with Crippen LogP contribution in [-0.2, 0) is 4.79 Å². The summed E-state index contributed by atoms with van der Waals surface area (Å²) in [4.78, 5) is 34.1. The minimum atomic E-state index is -0.415. The van der Waals surface area contributed by atoms with Crippen LogP contribution in [-0.4, -0.2) is 72.5 Å². The first-order chi connectivity index (χ1) is 11.0. The van der Waals surface area contributed by atoms with Gasteiger partial charge in [-0.25, -0.2) is 4.79 Å². The summed E-state index contributed by atoms with van der Waals surface area (Å²) in [5.41, 5.74) is 2.15. The van der Waals surface area contributed by atoms with Crippen LogP contribution in [0.4, 0.5) is 10.5 Å². The smallest absolute Gasteiger partial charge is 0.317 e. The molecular weight excluding hydrogens is 294 g/mol. The first-order valence-corrected chi connectivity index (χ1v) is 8.02. The highest BCUT2D eigenvalue weighted by atomic mass is 16.2. The molecule has 2 aliphatic heterocycles. The van der Waals surface area contributed by atoms with Crippen molar-refractivity contribution in [2.45, 2.75) is 19.4 Å². The predicted molar refractivity (Wildman–Crippen MR) is 87.3 cm³/mol. The van der Waals surface area contributed by atoms with Gasteiger partial charge in [0.15, 0.2) is 0 Å². The molecule has 0 aromatic carbocycles. The van der Waals surface area contributed by atoms with Crippen molar-refractivity contribution >= 4 is 17.6 Å². The quantitative estimate of drug-likeness (QED) is 0.860. The Morgan fingerprint density at radius 1 is 1.30 bits per heavy atom. The lowest BCUT2D eigenvalue weighted by Crippen LogP contribution is -2.46. The van der Waals surface area contributed by atoms with Crippen molar-refractivity contribution in [1.29, 1.82) is 0 Å².